The third-order valence-corrected chi connectivity index (χ3v) is 3.14. The first-order chi connectivity index (χ1) is 9.56. The number of esters is 1. The molecule has 0 spiro atoms. The van der Waals surface area contributed by atoms with Crippen LogP contribution in [-0.4, -0.2) is 28.9 Å². The van der Waals surface area contributed by atoms with Crippen molar-refractivity contribution in [1.82, 2.24) is 10.2 Å². The smallest absolute Gasteiger partial charge is 0.335 e. The molecule has 6 heteroatoms. The molecular weight excluding hydrogens is 260 g/mol. The SMILES string of the molecule is CC(C)CCOC(C)C(=O)OCc1nnc(C2CC2)o1. The summed E-state index contributed by atoms with van der Waals surface area (Å²) in [5, 5.41) is 7.79. The van der Waals surface area contributed by atoms with Crippen molar-refractivity contribution in [2.75, 3.05) is 6.61 Å². The summed E-state index contributed by atoms with van der Waals surface area (Å²) in [5.41, 5.74) is 0. The van der Waals surface area contributed by atoms with E-state index in [9.17, 15) is 4.79 Å². The number of nitrogens with zero attached hydrogens (tertiary/aromatic N) is 2. The number of hydrogen-bond donors (Lipinski definition) is 0. The molecule has 0 radical (unpaired) electrons. The fourth-order valence-electron chi connectivity index (χ4n) is 1.62. The number of hydrogen-bond acceptors (Lipinski definition) is 6. The van der Waals surface area contributed by atoms with Crippen LogP contribution in [0.4, 0.5) is 0 Å². The fraction of sp³-hybridized carbons (Fsp3) is 0.786. The minimum atomic E-state index is -0.570. The third kappa shape index (κ3) is 4.59. The first-order valence-corrected chi connectivity index (χ1v) is 7.16. The van der Waals surface area contributed by atoms with Crippen molar-refractivity contribution in [2.45, 2.75) is 58.7 Å². The predicted octanol–water partition coefficient (Wildman–Crippen LogP) is 2.44. The molecule has 1 fully saturated rings. The summed E-state index contributed by atoms with van der Waals surface area (Å²) in [6.45, 7) is 6.47. The lowest BCUT2D eigenvalue weighted by Gasteiger charge is -2.12. The third-order valence-electron chi connectivity index (χ3n) is 3.14. The zero-order valence-electron chi connectivity index (χ0n) is 12.3. The summed E-state index contributed by atoms with van der Waals surface area (Å²) in [4.78, 5) is 11.7. The molecule has 1 atom stereocenters. The summed E-state index contributed by atoms with van der Waals surface area (Å²) >= 11 is 0. The largest absolute Gasteiger partial charge is 0.454 e. The molecular formula is C14H22N2O4. The van der Waals surface area contributed by atoms with Gasteiger partial charge in [0.2, 0.25) is 5.89 Å². The van der Waals surface area contributed by atoms with E-state index in [4.69, 9.17) is 13.9 Å². The van der Waals surface area contributed by atoms with Crippen molar-refractivity contribution < 1.29 is 18.7 Å². The second-order valence-electron chi connectivity index (χ2n) is 5.61. The maximum atomic E-state index is 11.7. The van der Waals surface area contributed by atoms with Crippen LogP contribution in [0.25, 0.3) is 0 Å². The average molecular weight is 282 g/mol. The van der Waals surface area contributed by atoms with Crippen LogP contribution in [0.5, 0.6) is 0 Å². The van der Waals surface area contributed by atoms with E-state index in [-0.39, 0.29) is 6.61 Å². The summed E-state index contributed by atoms with van der Waals surface area (Å²) < 4.78 is 15.9. The molecule has 20 heavy (non-hydrogen) atoms. The van der Waals surface area contributed by atoms with E-state index in [1.165, 1.54) is 0 Å². The lowest BCUT2D eigenvalue weighted by molar-refractivity contribution is -0.158. The quantitative estimate of drug-likeness (QED) is 0.682. The minimum Gasteiger partial charge on any atom is -0.454 e. The molecule has 1 aromatic rings. The van der Waals surface area contributed by atoms with Gasteiger partial charge in [-0.3, -0.25) is 0 Å². The van der Waals surface area contributed by atoms with Crippen LogP contribution < -0.4 is 0 Å². The Morgan fingerprint density at radius 2 is 2.10 bits per heavy atom. The molecule has 0 saturated heterocycles. The highest BCUT2D eigenvalue weighted by atomic mass is 16.6. The first-order valence-electron chi connectivity index (χ1n) is 7.16. The Kier molecular flexibility index (Phi) is 5.11. The van der Waals surface area contributed by atoms with Crippen LogP contribution >= 0.6 is 0 Å². The van der Waals surface area contributed by atoms with Crippen LogP contribution in [0.3, 0.4) is 0 Å². The van der Waals surface area contributed by atoms with Gasteiger partial charge in [-0.15, -0.1) is 10.2 Å². The van der Waals surface area contributed by atoms with Crippen LogP contribution in [0, 0.1) is 5.92 Å². The maximum Gasteiger partial charge on any atom is 0.335 e. The zero-order chi connectivity index (χ0) is 14.5. The van der Waals surface area contributed by atoms with Crippen LogP contribution in [0.2, 0.25) is 0 Å². The number of carbonyl (C=O) groups is 1. The Morgan fingerprint density at radius 1 is 1.35 bits per heavy atom. The molecule has 1 aliphatic rings. The van der Waals surface area contributed by atoms with E-state index in [0.29, 0.717) is 30.2 Å². The average Bonchev–Trinajstić information content (AvgIpc) is 3.15. The lowest BCUT2D eigenvalue weighted by Crippen LogP contribution is -2.24. The fourth-order valence-corrected chi connectivity index (χ4v) is 1.62. The molecule has 0 aliphatic heterocycles. The van der Waals surface area contributed by atoms with Gasteiger partial charge in [-0.2, -0.15) is 0 Å². The van der Waals surface area contributed by atoms with Crippen molar-refractivity contribution in [3.63, 3.8) is 0 Å². The zero-order valence-corrected chi connectivity index (χ0v) is 12.3. The summed E-state index contributed by atoms with van der Waals surface area (Å²) in [6.07, 6.45) is 2.55. The van der Waals surface area contributed by atoms with Gasteiger partial charge in [-0.25, -0.2) is 4.79 Å². The van der Waals surface area contributed by atoms with Crippen LogP contribution in [-0.2, 0) is 20.9 Å². The summed E-state index contributed by atoms with van der Waals surface area (Å²) in [6, 6.07) is 0. The van der Waals surface area contributed by atoms with Crippen molar-refractivity contribution in [2.24, 2.45) is 5.92 Å². The molecule has 0 amide bonds. The normalized spacial score (nSPS) is 16.4. The van der Waals surface area contributed by atoms with Gasteiger partial charge in [-0.1, -0.05) is 13.8 Å². The molecule has 1 aliphatic carbocycles. The molecule has 1 aromatic heterocycles. The van der Waals surface area contributed by atoms with Gasteiger partial charge in [-0.05, 0) is 32.1 Å². The molecule has 6 nitrogen and oxygen atoms in total. The predicted molar refractivity (Wildman–Crippen MR) is 70.9 cm³/mol. The Labute approximate surface area is 118 Å². The monoisotopic (exact) mass is 282 g/mol. The van der Waals surface area contributed by atoms with Gasteiger partial charge in [0, 0.05) is 12.5 Å². The molecule has 1 saturated carbocycles. The topological polar surface area (TPSA) is 74.5 Å². The second-order valence-corrected chi connectivity index (χ2v) is 5.61. The van der Waals surface area contributed by atoms with E-state index in [0.717, 1.165) is 19.3 Å². The highest BCUT2D eigenvalue weighted by Crippen LogP contribution is 2.38. The van der Waals surface area contributed by atoms with Crippen molar-refractivity contribution in [3.8, 4) is 0 Å². The molecule has 0 bridgehead atoms. The van der Waals surface area contributed by atoms with Gasteiger partial charge in [0.15, 0.2) is 12.7 Å². The van der Waals surface area contributed by atoms with Gasteiger partial charge in [0.05, 0.1) is 0 Å². The van der Waals surface area contributed by atoms with Gasteiger partial charge in [0.1, 0.15) is 0 Å². The van der Waals surface area contributed by atoms with Gasteiger partial charge < -0.3 is 13.9 Å². The van der Waals surface area contributed by atoms with E-state index in [1.54, 1.807) is 6.92 Å². The van der Waals surface area contributed by atoms with Gasteiger partial charge in [0.25, 0.3) is 5.89 Å². The highest BCUT2D eigenvalue weighted by molar-refractivity contribution is 5.74. The number of rotatable bonds is 8. The number of aromatic nitrogens is 2. The van der Waals surface area contributed by atoms with Crippen LogP contribution in [0.15, 0.2) is 4.42 Å². The van der Waals surface area contributed by atoms with E-state index < -0.39 is 12.1 Å². The van der Waals surface area contributed by atoms with E-state index in [1.807, 2.05) is 0 Å². The van der Waals surface area contributed by atoms with E-state index >= 15 is 0 Å². The number of carbonyl (C=O) groups excluding carboxylic acids is 1. The molecule has 0 aromatic carbocycles. The van der Waals surface area contributed by atoms with Crippen molar-refractivity contribution in [1.29, 1.82) is 0 Å². The molecule has 1 heterocycles. The highest BCUT2D eigenvalue weighted by Gasteiger charge is 2.29. The molecule has 0 N–H and O–H groups in total. The van der Waals surface area contributed by atoms with Crippen molar-refractivity contribution in [3.05, 3.63) is 11.8 Å². The molecule has 112 valence electrons. The molecule has 1 unspecified atom stereocenters. The summed E-state index contributed by atoms with van der Waals surface area (Å²) in [7, 11) is 0. The van der Waals surface area contributed by atoms with Gasteiger partial charge >= 0.3 is 5.97 Å². The standard InChI is InChI=1S/C14H22N2O4/c1-9(2)6-7-18-10(3)14(17)19-8-12-15-16-13(20-12)11-4-5-11/h9-11H,4-8H2,1-3H3. The van der Waals surface area contributed by atoms with Crippen molar-refractivity contribution >= 4 is 5.97 Å². The van der Waals surface area contributed by atoms with E-state index in [2.05, 4.69) is 24.0 Å². The maximum absolute atomic E-state index is 11.7. The first kappa shape index (κ1) is 15.0. The minimum absolute atomic E-state index is 0.0104. The molecule has 2 rings (SSSR count). The summed E-state index contributed by atoms with van der Waals surface area (Å²) in [5.74, 6) is 1.55. The Morgan fingerprint density at radius 3 is 2.75 bits per heavy atom. The lowest BCUT2D eigenvalue weighted by atomic mass is 10.1. The second kappa shape index (κ2) is 6.83. The van der Waals surface area contributed by atoms with Crippen LogP contribution in [0.1, 0.15) is 57.7 Å². The number of ether oxygens (including phenoxy) is 2. The Bertz CT molecular complexity index is 440. The Hall–Kier alpha value is -1.43. The Balaban J connectivity index is 1.67.